The van der Waals surface area contributed by atoms with Crippen molar-refractivity contribution in [3.63, 3.8) is 0 Å². The number of imide groups is 1. The summed E-state index contributed by atoms with van der Waals surface area (Å²) in [5.74, 6) is -0.571. The molecule has 1 aromatic rings. The molecular weight excluding hydrogens is 305 g/mol. The Morgan fingerprint density at radius 2 is 2.18 bits per heavy atom. The fourth-order valence-electron chi connectivity index (χ4n) is 1.85. The van der Waals surface area contributed by atoms with Crippen LogP contribution in [0.4, 0.5) is 5.69 Å². The monoisotopic (exact) mass is 315 g/mol. The van der Waals surface area contributed by atoms with Gasteiger partial charge in [-0.1, -0.05) is 15.9 Å². The van der Waals surface area contributed by atoms with Gasteiger partial charge >= 0.3 is 0 Å². The first-order valence-corrected chi connectivity index (χ1v) is 6.56. The van der Waals surface area contributed by atoms with Crippen LogP contribution in [0.3, 0.4) is 0 Å². The maximum Gasteiger partial charge on any atom is 0.238 e. The van der Waals surface area contributed by atoms with E-state index in [4.69, 9.17) is 11.6 Å². The summed E-state index contributed by atoms with van der Waals surface area (Å²) in [6.07, 6.45) is 0.206. The minimum Gasteiger partial charge on any atom is -0.274 e. The number of carbonyl (C=O) groups excluding carboxylic acids is 2. The summed E-state index contributed by atoms with van der Waals surface area (Å²) < 4.78 is 0.953. The smallest absolute Gasteiger partial charge is 0.238 e. The van der Waals surface area contributed by atoms with Crippen LogP contribution in [-0.4, -0.2) is 17.7 Å². The average molecular weight is 317 g/mol. The van der Waals surface area contributed by atoms with Crippen molar-refractivity contribution in [1.29, 1.82) is 0 Å². The van der Waals surface area contributed by atoms with Crippen LogP contribution < -0.4 is 4.90 Å². The van der Waals surface area contributed by atoms with Crippen molar-refractivity contribution in [2.75, 3.05) is 10.8 Å². The van der Waals surface area contributed by atoms with Crippen molar-refractivity contribution >= 4 is 45.0 Å². The normalized spacial score (nSPS) is 20.2. The first-order chi connectivity index (χ1) is 8.04. The summed E-state index contributed by atoms with van der Waals surface area (Å²) in [7, 11) is 0. The van der Waals surface area contributed by atoms with Crippen molar-refractivity contribution in [2.45, 2.75) is 13.3 Å². The van der Waals surface area contributed by atoms with E-state index in [9.17, 15) is 9.59 Å². The number of halogens is 2. The van der Waals surface area contributed by atoms with E-state index in [2.05, 4.69) is 15.9 Å². The first kappa shape index (κ1) is 12.6. The fourth-order valence-corrected chi connectivity index (χ4v) is 2.34. The minimum absolute atomic E-state index is 0.178. The van der Waals surface area contributed by atoms with Crippen LogP contribution in [0.5, 0.6) is 0 Å². The molecule has 2 amide bonds. The Bertz CT molecular complexity index is 489. The SMILES string of the molecule is Cc1cc(N2C(=O)CC(CCl)C2=O)ccc1Br. The minimum atomic E-state index is -0.381. The molecule has 1 unspecified atom stereocenters. The number of hydrogen-bond acceptors (Lipinski definition) is 2. The molecule has 5 heteroatoms. The second kappa shape index (κ2) is 4.78. The topological polar surface area (TPSA) is 37.4 Å². The van der Waals surface area contributed by atoms with Gasteiger partial charge in [-0.05, 0) is 30.7 Å². The number of aryl methyl sites for hydroxylation is 1. The fraction of sp³-hybridized carbons (Fsp3) is 0.333. The van der Waals surface area contributed by atoms with Gasteiger partial charge in [-0.25, -0.2) is 0 Å². The number of nitrogens with zero attached hydrogens (tertiary/aromatic N) is 1. The summed E-state index contributed by atoms with van der Waals surface area (Å²) in [5.41, 5.74) is 1.60. The van der Waals surface area contributed by atoms with E-state index in [1.807, 2.05) is 19.1 Å². The van der Waals surface area contributed by atoms with Crippen LogP contribution in [0.25, 0.3) is 0 Å². The molecule has 0 aliphatic carbocycles. The van der Waals surface area contributed by atoms with E-state index in [0.29, 0.717) is 5.69 Å². The molecule has 2 rings (SSSR count). The first-order valence-electron chi connectivity index (χ1n) is 5.23. The van der Waals surface area contributed by atoms with Gasteiger partial charge in [0.15, 0.2) is 0 Å². The van der Waals surface area contributed by atoms with Crippen molar-refractivity contribution in [2.24, 2.45) is 5.92 Å². The number of hydrogen-bond donors (Lipinski definition) is 0. The number of carbonyl (C=O) groups is 2. The van der Waals surface area contributed by atoms with Crippen LogP contribution >= 0.6 is 27.5 Å². The van der Waals surface area contributed by atoms with E-state index >= 15 is 0 Å². The van der Waals surface area contributed by atoms with Crippen LogP contribution in [0.2, 0.25) is 0 Å². The van der Waals surface area contributed by atoms with Gasteiger partial charge in [0.1, 0.15) is 0 Å². The zero-order valence-corrected chi connectivity index (χ0v) is 11.6. The van der Waals surface area contributed by atoms with Crippen molar-refractivity contribution < 1.29 is 9.59 Å². The van der Waals surface area contributed by atoms with Gasteiger partial charge < -0.3 is 0 Å². The second-order valence-corrected chi connectivity index (χ2v) is 5.22. The third-order valence-corrected chi connectivity index (χ3v) is 4.09. The molecule has 0 bridgehead atoms. The Kier molecular flexibility index (Phi) is 3.54. The summed E-state index contributed by atoms with van der Waals surface area (Å²) in [5, 5.41) is 0. The predicted octanol–water partition coefficient (Wildman–Crippen LogP) is 2.88. The molecule has 1 aliphatic rings. The predicted molar refractivity (Wildman–Crippen MR) is 70.2 cm³/mol. The lowest BCUT2D eigenvalue weighted by Gasteiger charge is -2.15. The number of alkyl halides is 1. The lowest BCUT2D eigenvalue weighted by molar-refractivity contribution is -0.122. The van der Waals surface area contributed by atoms with Crippen molar-refractivity contribution in [1.82, 2.24) is 0 Å². The Morgan fingerprint density at radius 3 is 2.71 bits per heavy atom. The Labute approximate surface area is 113 Å². The van der Waals surface area contributed by atoms with Gasteiger partial charge in [0.2, 0.25) is 11.8 Å². The number of rotatable bonds is 2. The van der Waals surface area contributed by atoms with Crippen LogP contribution in [0.15, 0.2) is 22.7 Å². The van der Waals surface area contributed by atoms with Gasteiger partial charge in [0, 0.05) is 16.8 Å². The highest BCUT2D eigenvalue weighted by Gasteiger charge is 2.38. The molecule has 90 valence electrons. The van der Waals surface area contributed by atoms with Gasteiger partial charge in [0.05, 0.1) is 11.6 Å². The summed E-state index contributed by atoms with van der Waals surface area (Å²) >= 11 is 9.05. The highest BCUT2D eigenvalue weighted by atomic mass is 79.9. The van der Waals surface area contributed by atoms with E-state index < -0.39 is 0 Å². The van der Waals surface area contributed by atoms with Crippen molar-refractivity contribution in [3.8, 4) is 0 Å². The molecule has 0 spiro atoms. The highest BCUT2D eigenvalue weighted by molar-refractivity contribution is 9.10. The molecule has 1 aromatic carbocycles. The maximum absolute atomic E-state index is 12.0. The van der Waals surface area contributed by atoms with Gasteiger partial charge in [-0.3, -0.25) is 14.5 Å². The van der Waals surface area contributed by atoms with E-state index in [1.54, 1.807) is 6.07 Å². The number of anilines is 1. The Morgan fingerprint density at radius 1 is 1.47 bits per heavy atom. The Balaban J connectivity index is 2.36. The molecule has 1 aliphatic heterocycles. The molecule has 1 heterocycles. The molecule has 0 N–H and O–H groups in total. The van der Waals surface area contributed by atoms with Crippen molar-refractivity contribution in [3.05, 3.63) is 28.2 Å². The van der Waals surface area contributed by atoms with Gasteiger partial charge in [0.25, 0.3) is 0 Å². The van der Waals surface area contributed by atoms with Crippen LogP contribution in [-0.2, 0) is 9.59 Å². The molecular formula is C12H11BrClNO2. The molecule has 1 fully saturated rings. The molecule has 0 saturated carbocycles. The largest absolute Gasteiger partial charge is 0.274 e. The molecule has 1 saturated heterocycles. The van der Waals surface area contributed by atoms with Gasteiger partial charge in [-0.15, -0.1) is 11.6 Å². The standard InChI is InChI=1S/C12H11BrClNO2/c1-7-4-9(2-3-10(7)13)15-11(16)5-8(6-14)12(15)17/h2-4,8H,5-6H2,1H3. The summed E-state index contributed by atoms with van der Waals surface area (Å²) in [4.78, 5) is 25.0. The lowest BCUT2D eigenvalue weighted by atomic mass is 10.1. The van der Waals surface area contributed by atoms with Gasteiger partial charge in [-0.2, -0.15) is 0 Å². The van der Waals surface area contributed by atoms with E-state index in [1.165, 1.54) is 4.90 Å². The second-order valence-electron chi connectivity index (χ2n) is 4.06. The number of benzene rings is 1. The quantitative estimate of drug-likeness (QED) is 0.621. The zero-order valence-electron chi connectivity index (χ0n) is 9.24. The Hall–Kier alpha value is -0.870. The molecule has 1 atom stereocenters. The number of amides is 2. The third kappa shape index (κ3) is 2.24. The molecule has 17 heavy (non-hydrogen) atoms. The molecule has 0 aromatic heterocycles. The summed E-state index contributed by atoms with van der Waals surface area (Å²) in [6.45, 7) is 1.91. The molecule has 3 nitrogen and oxygen atoms in total. The molecule has 0 radical (unpaired) electrons. The van der Waals surface area contributed by atoms with E-state index in [-0.39, 0.29) is 30.0 Å². The van der Waals surface area contributed by atoms with E-state index in [0.717, 1.165) is 10.0 Å². The average Bonchev–Trinajstić information content (AvgIpc) is 2.58. The van der Waals surface area contributed by atoms with Crippen LogP contribution in [0, 0.1) is 12.8 Å². The lowest BCUT2D eigenvalue weighted by Crippen LogP contribution is -2.30. The third-order valence-electron chi connectivity index (χ3n) is 2.83. The zero-order chi connectivity index (χ0) is 12.6. The highest BCUT2D eigenvalue weighted by Crippen LogP contribution is 2.29. The summed E-state index contributed by atoms with van der Waals surface area (Å²) in [6, 6.07) is 5.40. The maximum atomic E-state index is 12.0. The van der Waals surface area contributed by atoms with Crippen LogP contribution in [0.1, 0.15) is 12.0 Å².